The summed E-state index contributed by atoms with van der Waals surface area (Å²) in [5, 5.41) is 6.13. The van der Waals surface area contributed by atoms with E-state index in [0.29, 0.717) is 18.2 Å². The van der Waals surface area contributed by atoms with Crippen LogP contribution in [0.3, 0.4) is 0 Å². The molecule has 1 aromatic heterocycles. The van der Waals surface area contributed by atoms with Gasteiger partial charge in [-0.25, -0.2) is 4.98 Å². The molecule has 1 heterocycles. The van der Waals surface area contributed by atoms with Crippen molar-refractivity contribution in [2.45, 2.75) is 20.3 Å². The Bertz CT molecular complexity index is 228. The molecule has 0 aromatic carbocycles. The molecule has 1 N–H and O–H groups in total. The number of nitrogens with one attached hydrogen (secondary N) is 1. The van der Waals surface area contributed by atoms with Gasteiger partial charge in [-0.2, -0.15) is 5.10 Å². The monoisotopic (exact) mass is 153 g/mol. The van der Waals surface area contributed by atoms with Gasteiger partial charge in [-0.05, 0) is 5.92 Å². The van der Waals surface area contributed by atoms with Gasteiger partial charge in [-0.15, -0.1) is 0 Å². The van der Waals surface area contributed by atoms with E-state index in [9.17, 15) is 4.79 Å². The first-order valence-corrected chi connectivity index (χ1v) is 3.58. The second-order valence-corrected chi connectivity index (χ2v) is 2.86. The van der Waals surface area contributed by atoms with E-state index in [1.807, 2.05) is 13.8 Å². The van der Waals surface area contributed by atoms with Gasteiger partial charge in [-0.3, -0.25) is 9.89 Å². The predicted octanol–water partition coefficient (Wildman–Crippen LogP) is 1.03. The number of aromatic amines is 1. The maximum absolute atomic E-state index is 11.2. The summed E-state index contributed by atoms with van der Waals surface area (Å²) in [5.74, 6) is 0.754. The van der Waals surface area contributed by atoms with Crippen molar-refractivity contribution in [3.05, 3.63) is 12.2 Å². The van der Waals surface area contributed by atoms with E-state index < -0.39 is 0 Å². The van der Waals surface area contributed by atoms with Gasteiger partial charge in [0.05, 0.1) is 0 Å². The Balaban J connectivity index is 2.57. The average molecular weight is 153 g/mol. The van der Waals surface area contributed by atoms with Crippen LogP contribution in [-0.2, 0) is 0 Å². The third-order valence-corrected chi connectivity index (χ3v) is 1.27. The van der Waals surface area contributed by atoms with E-state index in [1.165, 1.54) is 6.33 Å². The topological polar surface area (TPSA) is 58.6 Å². The summed E-state index contributed by atoms with van der Waals surface area (Å²) in [5.41, 5.74) is 0. The zero-order chi connectivity index (χ0) is 8.27. The molecule has 4 nitrogen and oxygen atoms in total. The minimum Gasteiger partial charge on any atom is -0.291 e. The van der Waals surface area contributed by atoms with Crippen LogP contribution in [0.2, 0.25) is 0 Å². The molecule has 0 bridgehead atoms. The second-order valence-electron chi connectivity index (χ2n) is 2.86. The van der Waals surface area contributed by atoms with Crippen LogP contribution in [-0.4, -0.2) is 21.0 Å². The maximum Gasteiger partial charge on any atom is 0.199 e. The lowest BCUT2D eigenvalue weighted by atomic mass is 10.1. The predicted molar refractivity (Wildman–Crippen MR) is 40.2 cm³/mol. The number of ketones is 1. The maximum atomic E-state index is 11.2. The third-order valence-electron chi connectivity index (χ3n) is 1.27. The zero-order valence-electron chi connectivity index (χ0n) is 6.66. The summed E-state index contributed by atoms with van der Waals surface area (Å²) in [6.07, 6.45) is 1.86. The highest BCUT2D eigenvalue weighted by Crippen LogP contribution is 2.03. The summed E-state index contributed by atoms with van der Waals surface area (Å²) in [6.45, 7) is 3.99. The summed E-state index contributed by atoms with van der Waals surface area (Å²) < 4.78 is 0. The molecule has 0 spiro atoms. The molecule has 0 saturated carbocycles. The van der Waals surface area contributed by atoms with Crippen molar-refractivity contribution in [2.24, 2.45) is 5.92 Å². The Labute approximate surface area is 65.0 Å². The molecule has 1 aromatic rings. The molecule has 60 valence electrons. The first-order valence-electron chi connectivity index (χ1n) is 3.58. The fourth-order valence-corrected chi connectivity index (χ4v) is 0.807. The van der Waals surface area contributed by atoms with Gasteiger partial charge in [0, 0.05) is 6.42 Å². The Morgan fingerprint density at radius 2 is 2.45 bits per heavy atom. The van der Waals surface area contributed by atoms with Crippen molar-refractivity contribution in [1.82, 2.24) is 15.2 Å². The van der Waals surface area contributed by atoms with Crippen molar-refractivity contribution in [3.8, 4) is 0 Å². The van der Waals surface area contributed by atoms with Gasteiger partial charge >= 0.3 is 0 Å². The van der Waals surface area contributed by atoms with E-state index in [2.05, 4.69) is 15.2 Å². The van der Waals surface area contributed by atoms with E-state index >= 15 is 0 Å². The standard InChI is InChI=1S/C7H11N3O/c1-5(2)3-6(11)7-8-4-9-10-7/h4-5H,3H2,1-2H3,(H,8,9,10). The summed E-state index contributed by atoms with van der Waals surface area (Å²) in [6, 6.07) is 0. The van der Waals surface area contributed by atoms with Crippen molar-refractivity contribution in [3.63, 3.8) is 0 Å². The van der Waals surface area contributed by atoms with Gasteiger partial charge < -0.3 is 0 Å². The molecule has 0 atom stereocenters. The molecular formula is C7H11N3O. The second kappa shape index (κ2) is 3.27. The normalized spacial score (nSPS) is 10.5. The molecule has 0 amide bonds. The molecular weight excluding hydrogens is 142 g/mol. The molecule has 0 radical (unpaired) electrons. The highest BCUT2D eigenvalue weighted by molar-refractivity contribution is 5.92. The number of hydrogen-bond acceptors (Lipinski definition) is 3. The van der Waals surface area contributed by atoms with Gasteiger partial charge in [-0.1, -0.05) is 13.8 Å². The Morgan fingerprint density at radius 3 is 2.91 bits per heavy atom. The first kappa shape index (κ1) is 7.91. The largest absolute Gasteiger partial charge is 0.291 e. The SMILES string of the molecule is CC(C)CC(=O)c1ncn[nH]1. The highest BCUT2D eigenvalue weighted by Gasteiger charge is 2.09. The first-order chi connectivity index (χ1) is 5.20. The number of H-pyrrole nitrogens is 1. The number of hydrogen-bond donors (Lipinski definition) is 1. The lowest BCUT2D eigenvalue weighted by Gasteiger charge is -1.98. The van der Waals surface area contributed by atoms with Crippen LogP contribution in [0.5, 0.6) is 0 Å². The van der Waals surface area contributed by atoms with Crippen LogP contribution in [0.15, 0.2) is 6.33 Å². The molecule has 0 unspecified atom stereocenters. The van der Waals surface area contributed by atoms with E-state index in [1.54, 1.807) is 0 Å². The summed E-state index contributed by atoms with van der Waals surface area (Å²) in [7, 11) is 0. The van der Waals surface area contributed by atoms with Crippen molar-refractivity contribution in [1.29, 1.82) is 0 Å². The van der Waals surface area contributed by atoms with Crippen molar-refractivity contribution in [2.75, 3.05) is 0 Å². The number of rotatable bonds is 3. The average Bonchev–Trinajstić information content (AvgIpc) is 2.35. The third kappa shape index (κ3) is 2.14. The van der Waals surface area contributed by atoms with Gasteiger partial charge in [0.25, 0.3) is 0 Å². The lowest BCUT2D eigenvalue weighted by molar-refractivity contribution is 0.0958. The van der Waals surface area contributed by atoms with Crippen LogP contribution in [0.25, 0.3) is 0 Å². The van der Waals surface area contributed by atoms with Crippen LogP contribution in [0.1, 0.15) is 30.9 Å². The van der Waals surface area contributed by atoms with Crippen molar-refractivity contribution < 1.29 is 4.79 Å². The molecule has 0 aliphatic rings. The minimum atomic E-state index is 0.0255. The fraction of sp³-hybridized carbons (Fsp3) is 0.571. The molecule has 0 fully saturated rings. The number of carbonyl (C=O) groups excluding carboxylic acids is 1. The molecule has 1 rings (SSSR count). The number of Topliss-reactive ketones (excluding diaryl/α,β-unsaturated/α-hetero) is 1. The minimum absolute atomic E-state index is 0.0255. The number of nitrogens with zero attached hydrogens (tertiary/aromatic N) is 2. The lowest BCUT2D eigenvalue weighted by Crippen LogP contribution is -2.05. The van der Waals surface area contributed by atoms with Crippen LogP contribution in [0.4, 0.5) is 0 Å². The zero-order valence-corrected chi connectivity index (χ0v) is 6.66. The highest BCUT2D eigenvalue weighted by atomic mass is 16.1. The Kier molecular flexibility index (Phi) is 2.36. The van der Waals surface area contributed by atoms with Gasteiger partial charge in [0.15, 0.2) is 11.6 Å². The van der Waals surface area contributed by atoms with Gasteiger partial charge in [0.2, 0.25) is 0 Å². The van der Waals surface area contributed by atoms with Gasteiger partial charge in [0.1, 0.15) is 6.33 Å². The molecule has 0 saturated heterocycles. The molecule has 11 heavy (non-hydrogen) atoms. The smallest absolute Gasteiger partial charge is 0.199 e. The van der Waals surface area contributed by atoms with Crippen LogP contribution >= 0.6 is 0 Å². The number of aromatic nitrogens is 3. The van der Waals surface area contributed by atoms with E-state index in [4.69, 9.17) is 0 Å². The number of carbonyl (C=O) groups is 1. The van der Waals surface area contributed by atoms with E-state index in [-0.39, 0.29) is 5.78 Å². The van der Waals surface area contributed by atoms with E-state index in [0.717, 1.165) is 0 Å². The fourth-order valence-electron chi connectivity index (χ4n) is 0.807. The van der Waals surface area contributed by atoms with Crippen LogP contribution in [0, 0.1) is 5.92 Å². The summed E-state index contributed by atoms with van der Waals surface area (Å²) in [4.78, 5) is 14.9. The van der Waals surface area contributed by atoms with Crippen LogP contribution < -0.4 is 0 Å². The Hall–Kier alpha value is -1.19. The van der Waals surface area contributed by atoms with Crippen molar-refractivity contribution >= 4 is 5.78 Å². The molecule has 0 aliphatic heterocycles. The quantitative estimate of drug-likeness (QED) is 0.660. The Morgan fingerprint density at radius 1 is 1.73 bits per heavy atom. The summed E-state index contributed by atoms with van der Waals surface area (Å²) >= 11 is 0. The molecule has 4 heteroatoms. The molecule has 0 aliphatic carbocycles.